The highest BCUT2D eigenvalue weighted by Gasteiger charge is 2.32. The van der Waals surface area contributed by atoms with Crippen LogP contribution in [0.5, 0.6) is 0 Å². The molecule has 1 saturated heterocycles. The van der Waals surface area contributed by atoms with E-state index < -0.39 is 17.6 Å². The second-order valence-electron chi connectivity index (χ2n) is 10.8. The predicted octanol–water partition coefficient (Wildman–Crippen LogP) is 5.01. The number of amides is 1. The van der Waals surface area contributed by atoms with Crippen LogP contribution in [0.1, 0.15) is 51.9 Å². The molecule has 1 aromatic heterocycles. The second-order valence-corrected chi connectivity index (χ2v) is 10.8. The van der Waals surface area contributed by atoms with Crippen molar-refractivity contribution in [3.05, 3.63) is 82.9 Å². The van der Waals surface area contributed by atoms with Gasteiger partial charge < -0.3 is 15.1 Å². The number of alkyl halides is 3. The number of likely N-dealkylation sites (N-methyl/N-ethyl adjacent to an activating group) is 1. The molecule has 2 aliphatic heterocycles. The fourth-order valence-corrected chi connectivity index (χ4v) is 5.57. The first-order valence-electron chi connectivity index (χ1n) is 13.1. The van der Waals surface area contributed by atoms with Crippen LogP contribution in [0, 0.1) is 0 Å². The lowest BCUT2D eigenvalue weighted by atomic mass is 9.89. The minimum absolute atomic E-state index is 0.141. The zero-order valence-corrected chi connectivity index (χ0v) is 22.4. The zero-order valence-electron chi connectivity index (χ0n) is 22.4. The fourth-order valence-electron chi connectivity index (χ4n) is 5.57. The highest BCUT2D eigenvalue weighted by molar-refractivity contribution is 6.04. The Morgan fingerprint density at radius 3 is 2.56 bits per heavy atom. The molecule has 2 atom stereocenters. The summed E-state index contributed by atoms with van der Waals surface area (Å²) in [6.45, 7) is 5.52. The first-order chi connectivity index (χ1) is 18.6. The second kappa shape index (κ2) is 10.9. The predicted molar refractivity (Wildman–Crippen MR) is 145 cm³/mol. The van der Waals surface area contributed by atoms with Gasteiger partial charge in [0.1, 0.15) is 6.33 Å². The van der Waals surface area contributed by atoms with Gasteiger partial charge in [-0.2, -0.15) is 13.2 Å². The number of hydrogen-bond donors (Lipinski definition) is 1. The molecule has 2 unspecified atom stereocenters. The van der Waals surface area contributed by atoms with Crippen molar-refractivity contribution in [2.75, 3.05) is 43.9 Å². The standard InChI is InChI=1S/C29H33F3N6O/c1-19-14-38(26-12-33-18-34-13-26)16-22-10-21(4-5-27(19)22)28(39)35-24-9-20(8-23(11-24)29(30,31)32)15-37-7-6-25(17-37)36(2)3/h4-5,8-13,18-19,25H,6-7,14-17H2,1-3H3,(H,35,39). The zero-order chi connectivity index (χ0) is 27.7. The molecule has 0 bridgehead atoms. The minimum atomic E-state index is -4.51. The van der Waals surface area contributed by atoms with Gasteiger partial charge in [0, 0.05) is 50.0 Å². The van der Waals surface area contributed by atoms with E-state index in [-0.39, 0.29) is 11.6 Å². The van der Waals surface area contributed by atoms with E-state index in [1.165, 1.54) is 12.4 Å². The number of hydrogen-bond acceptors (Lipinski definition) is 6. The number of likely N-dealkylation sites (tertiary alicyclic amines) is 1. The van der Waals surface area contributed by atoms with Gasteiger partial charge in [0.15, 0.2) is 0 Å². The number of nitrogens with one attached hydrogen (secondary N) is 1. The lowest BCUT2D eigenvalue weighted by Gasteiger charge is -2.34. The largest absolute Gasteiger partial charge is 0.416 e. The Labute approximate surface area is 226 Å². The molecule has 0 aliphatic carbocycles. The van der Waals surface area contributed by atoms with Gasteiger partial charge >= 0.3 is 6.18 Å². The molecule has 206 valence electrons. The number of halogens is 3. The van der Waals surface area contributed by atoms with Gasteiger partial charge in [-0.3, -0.25) is 9.69 Å². The van der Waals surface area contributed by atoms with E-state index in [1.54, 1.807) is 24.5 Å². The minimum Gasteiger partial charge on any atom is -0.364 e. The topological polar surface area (TPSA) is 64.6 Å². The van der Waals surface area contributed by atoms with Crippen molar-refractivity contribution < 1.29 is 18.0 Å². The van der Waals surface area contributed by atoms with Gasteiger partial charge in [-0.25, -0.2) is 9.97 Å². The van der Waals surface area contributed by atoms with E-state index in [0.717, 1.165) is 48.9 Å². The number of nitrogens with zero attached hydrogens (tertiary/aromatic N) is 5. The summed E-state index contributed by atoms with van der Waals surface area (Å²) in [6, 6.07) is 9.73. The molecule has 0 saturated carbocycles. The molecule has 1 fully saturated rings. The highest BCUT2D eigenvalue weighted by atomic mass is 19.4. The quantitative estimate of drug-likeness (QED) is 0.476. The maximum absolute atomic E-state index is 13.7. The Kier molecular flexibility index (Phi) is 7.59. The van der Waals surface area contributed by atoms with Crippen molar-refractivity contribution in [2.24, 2.45) is 0 Å². The third-order valence-corrected chi connectivity index (χ3v) is 7.67. The highest BCUT2D eigenvalue weighted by Crippen LogP contribution is 2.34. The van der Waals surface area contributed by atoms with Crippen LogP contribution in [0.15, 0.2) is 55.1 Å². The molecular formula is C29H33F3N6O. The maximum atomic E-state index is 13.7. The Morgan fingerprint density at radius 2 is 1.87 bits per heavy atom. The van der Waals surface area contributed by atoms with Crippen molar-refractivity contribution in [1.82, 2.24) is 19.8 Å². The van der Waals surface area contributed by atoms with E-state index >= 15 is 0 Å². The number of benzene rings is 2. The lowest BCUT2D eigenvalue weighted by Crippen LogP contribution is -2.33. The van der Waals surface area contributed by atoms with Gasteiger partial charge in [-0.1, -0.05) is 13.0 Å². The first kappa shape index (κ1) is 27.1. The summed E-state index contributed by atoms with van der Waals surface area (Å²) in [5.74, 6) is -0.209. The maximum Gasteiger partial charge on any atom is 0.416 e. The summed E-state index contributed by atoms with van der Waals surface area (Å²) < 4.78 is 41.2. The third kappa shape index (κ3) is 6.23. The van der Waals surface area contributed by atoms with Crippen molar-refractivity contribution in [2.45, 2.75) is 44.6 Å². The molecular weight excluding hydrogens is 505 g/mol. The van der Waals surface area contributed by atoms with Crippen molar-refractivity contribution >= 4 is 17.3 Å². The van der Waals surface area contributed by atoms with E-state index in [9.17, 15) is 18.0 Å². The summed E-state index contributed by atoms with van der Waals surface area (Å²) in [7, 11) is 4.03. The van der Waals surface area contributed by atoms with E-state index in [4.69, 9.17) is 0 Å². The Bertz CT molecular complexity index is 1330. The number of rotatable bonds is 6. The average molecular weight is 539 g/mol. The van der Waals surface area contributed by atoms with Crippen LogP contribution in [0.3, 0.4) is 0 Å². The molecule has 3 aromatic rings. The summed E-state index contributed by atoms with van der Waals surface area (Å²) in [5, 5.41) is 2.72. The Morgan fingerprint density at radius 1 is 1.10 bits per heavy atom. The van der Waals surface area contributed by atoms with Gasteiger partial charge in [0.05, 0.1) is 23.6 Å². The smallest absolute Gasteiger partial charge is 0.364 e. The van der Waals surface area contributed by atoms with Crippen LogP contribution in [-0.4, -0.2) is 65.4 Å². The van der Waals surface area contributed by atoms with Crippen LogP contribution < -0.4 is 10.2 Å². The van der Waals surface area contributed by atoms with E-state index in [2.05, 4.69) is 36.9 Å². The van der Waals surface area contributed by atoms with Crippen molar-refractivity contribution in [1.29, 1.82) is 0 Å². The lowest BCUT2D eigenvalue weighted by molar-refractivity contribution is -0.137. The molecule has 2 aromatic carbocycles. The van der Waals surface area contributed by atoms with Crippen LogP contribution in [0.25, 0.3) is 0 Å². The number of fused-ring (bicyclic) bond motifs is 1. The number of carbonyl (C=O) groups excluding carboxylic acids is 1. The van der Waals surface area contributed by atoms with Gasteiger partial charge in [0.2, 0.25) is 0 Å². The molecule has 1 N–H and O–H groups in total. The monoisotopic (exact) mass is 538 g/mol. The number of carbonyl (C=O) groups is 1. The Balaban J connectivity index is 1.35. The van der Waals surface area contributed by atoms with E-state index in [0.29, 0.717) is 30.3 Å². The summed E-state index contributed by atoms with van der Waals surface area (Å²) >= 11 is 0. The number of anilines is 2. The molecule has 10 heteroatoms. The van der Waals surface area contributed by atoms with Gasteiger partial charge in [0.25, 0.3) is 5.91 Å². The number of aromatic nitrogens is 2. The van der Waals surface area contributed by atoms with Gasteiger partial charge in [-0.05, 0) is 73.5 Å². The molecule has 1 amide bonds. The molecule has 0 radical (unpaired) electrons. The van der Waals surface area contributed by atoms with Crippen LogP contribution in [-0.2, 0) is 19.3 Å². The Hall–Kier alpha value is -3.50. The fraction of sp³-hybridized carbons (Fsp3) is 0.414. The SMILES string of the molecule is CC1CN(c2cncnc2)Cc2cc(C(=O)Nc3cc(CN4CCC(N(C)C)C4)cc(C(F)(F)F)c3)ccc21. The summed E-state index contributed by atoms with van der Waals surface area (Å²) in [5.41, 5.74) is 3.36. The van der Waals surface area contributed by atoms with Gasteiger partial charge in [-0.15, -0.1) is 0 Å². The average Bonchev–Trinajstić information content (AvgIpc) is 3.37. The molecule has 39 heavy (non-hydrogen) atoms. The van der Waals surface area contributed by atoms with Crippen LogP contribution in [0.4, 0.5) is 24.5 Å². The van der Waals surface area contributed by atoms with Crippen LogP contribution in [0.2, 0.25) is 0 Å². The van der Waals surface area contributed by atoms with Crippen molar-refractivity contribution in [3.63, 3.8) is 0 Å². The van der Waals surface area contributed by atoms with Crippen molar-refractivity contribution in [3.8, 4) is 0 Å². The molecule has 0 spiro atoms. The van der Waals surface area contributed by atoms with E-state index in [1.807, 2.05) is 26.2 Å². The third-order valence-electron chi connectivity index (χ3n) is 7.67. The normalized spacial score (nSPS) is 19.8. The molecule has 3 heterocycles. The first-order valence-corrected chi connectivity index (χ1v) is 13.1. The van der Waals surface area contributed by atoms with Crippen LogP contribution >= 0.6 is 0 Å². The molecule has 2 aliphatic rings. The summed E-state index contributed by atoms with van der Waals surface area (Å²) in [4.78, 5) is 27.9. The summed E-state index contributed by atoms with van der Waals surface area (Å²) in [6.07, 6.45) is 1.46. The molecule has 5 rings (SSSR count). The molecule has 7 nitrogen and oxygen atoms in total.